The van der Waals surface area contributed by atoms with Crippen molar-refractivity contribution < 1.29 is 0 Å². The third-order valence-electron chi connectivity index (χ3n) is 2.01. The second-order valence-corrected chi connectivity index (χ2v) is 4.92. The van der Waals surface area contributed by atoms with E-state index in [4.69, 9.17) is 17.3 Å². The molecule has 0 atom stereocenters. The van der Waals surface area contributed by atoms with E-state index in [9.17, 15) is 4.79 Å². The second kappa shape index (κ2) is 4.81. The summed E-state index contributed by atoms with van der Waals surface area (Å²) >= 11 is 7.34. The van der Waals surface area contributed by atoms with Crippen LogP contribution in [0.15, 0.2) is 39.1 Å². The number of nitrogens with zero attached hydrogens (tertiary/aromatic N) is 1. The largest absolute Gasteiger partial charge is 0.399 e. The number of hydrogen-bond donors (Lipinski definition) is 2. The second-order valence-electron chi connectivity index (χ2n) is 3.48. The van der Waals surface area contributed by atoms with Crippen LogP contribution in [0, 0.1) is 6.92 Å². The Bertz CT molecular complexity index is 612. The van der Waals surface area contributed by atoms with Crippen LogP contribution < -0.4 is 11.3 Å². The molecule has 1 aromatic heterocycles. The van der Waals surface area contributed by atoms with Crippen LogP contribution in [0.2, 0.25) is 5.02 Å². The third-order valence-corrected chi connectivity index (χ3v) is 3.40. The molecule has 0 saturated carbocycles. The van der Waals surface area contributed by atoms with Gasteiger partial charge in [0.2, 0.25) is 0 Å². The van der Waals surface area contributed by atoms with Crippen molar-refractivity contribution in [2.75, 3.05) is 5.73 Å². The average Bonchev–Trinajstić information content (AvgIpc) is 2.21. The van der Waals surface area contributed by atoms with Crippen LogP contribution in [0.5, 0.6) is 0 Å². The van der Waals surface area contributed by atoms with Crippen molar-refractivity contribution in [1.82, 2.24) is 9.97 Å². The molecular formula is C11H10ClN3OS. The van der Waals surface area contributed by atoms with E-state index in [1.807, 2.05) is 0 Å². The summed E-state index contributed by atoms with van der Waals surface area (Å²) in [6.07, 6.45) is 0. The molecular weight excluding hydrogens is 258 g/mol. The average molecular weight is 268 g/mol. The fraction of sp³-hybridized carbons (Fsp3) is 0.0909. The molecule has 2 aromatic rings. The van der Waals surface area contributed by atoms with Crippen LogP contribution in [0.25, 0.3) is 0 Å². The number of aromatic nitrogens is 2. The highest BCUT2D eigenvalue weighted by Gasteiger charge is 2.05. The predicted molar refractivity (Wildman–Crippen MR) is 69.6 cm³/mol. The lowest BCUT2D eigenvalue weighted by Crippen LogP contribution is -2.07. The summed E-state index contributed by atoms with van der Waals surface area (Å²) in [6, 6.07) is 6.65. The number of nitrogens with two attached hydrogens (primary N) is 1. The zero-order chi connectivity index (χ0) is 12.4. The van der Waals surface area contributed by atoms with Crippen molar-refractivity contribution in [3.8, 4) is 0 Å². The Hall–Kier alpha value is -1.46. The molecule has 0 radical (unpaired) electrons. The van der Waals surface area contributed by atoms with Crippen LogP contribution in [-0.2, 0) is 0 Å². The summed E-state index contributed by atoms with van der Waals surface area (Å²) < 4.78 is 0. The molecule has 0 saturated heterocycles. The van der Waals surface area contributed by atoms with Gasteiger partial charge in [-0.2, -0.15) is 0 Å². The molecule has 0 aliphatic heterocycles. The van der Waals surface area contributed by atoms with Crippen molar-refractivity contribution in [1.29, 1.82) is 0 Å². The van der Waals surface area contributed by atoms with Gasteiger partial charge in [0, 0.05) is 22.3 Å². The number of rotatable bonds is 2. The number of anilines is 1. The van der Waals surface area contributed by atoms with E-state index in [-0.39, 0.29) is 5.56 Å². The molecule has 4 nitrogen and oxygen atoms in total. The maximum absolute atomic E-state index is 11.3. The number of benzene rings is 1. The first-order valence-electron chi connectivity index (χ1n) is 4.85. The van der Waals surface area contributed by atoms with Gasteiger partial charge in [-0.05, 0) is 25.1 Å². The van der Waals surface area contributed by atoms with Gasteiger partial charge in [0.05, 0.1) is 5.02 Å². The van der Waals surface area contributed by atoms with E-state index in [1.54, 1.807) is 25.1 Å². The van der Waals surface area contributed by atoms with Crippen LogP contribution >= 0.6 is 23.4 Å². The molecule has 0 unspecified atom stereocenters. The molecule has 0 aliphatic rings. The SMILES string of the molecule is Cc1cc(=O)[nH]c(Sc2ccc(N)cc2Cl)n1. The quantitative estimate of drug-likeness (QED) is 0.648. The monoisotopic (exact) mass is 267 g/mol. The molecule has 3 N–H and O–H groups in total. The minimum atomic E-state index is -0.174. The zero-order valence-electron chi connectivity index (χ0n) is 9.03. The predicted octanol–water partition coefficient (Wildman–Crippen LogP) is 2.47. The van der Waals surface area contributed by atoms with Crippen molar-refractivity contribution in [3.63, 3.8) is 0 Å². The summed E-state index contributed by atoms with van der Waals surface area (Å²) in [5.74, 6) is 0. The van der Waals surface area contributed by atoms with Crippen LogP contribution in [0.3, 0.4) is 0 Å². The molecule has 0 aliphatic carbocycles. The van der Waals surface area contributed by atoms with E-state index in [0.29, 0.717) is 21.6 Å². The Kier molecular flexibility index (Phi) is 3.40. The maximum atomic E-state index is 11.3. The van der Waals surface area contributed by atoms with Crippen LogP contribution in [-0.4, -0.2) is 9.97 Å². The lowest BCUT2D eigenvalue weighted by atomic mass is 10.3. The fourth-order valence-corrected chi connectivity index (χ4v) is 2.45. The number of nitrogens with one attached hydrogen (secondary N) is 1. The number of halogens is 1. The highest BCUT2D eigenvalue weighted by molar-refractivity contribution is 7.99. The first-order valence-corrected chi connectivity index (χ1v) is 6.05. The Morgan fingerprint density at radius 1 is 1.41 bits per heavy atom. The van der Waals surface area contributed by atoms with Crippen LogP contribution in [0.1, 0.15) is 5.69 Å². The van der Waals surface area contributed by atoms with Gasteiger partial charge in [-0.25, -0.2) is 4.98 Å². The molecule has 6 heteroatoms. The molecule has 88 valence electrons. The number of aryl methyl sites for hydroxylation is 1. The topological polar surface area (TPSA) is 71.8 Å². The van der Waals surface area contributed by atoms with Gasteiger partial charge in [0.15, 0.2) is 5.16 Å². The summed E-state index contributed by atoms with van der Waals surface area (Å²) in [5.41, 5.74) is 6.70. The number of aromatic amines is 1. The molecule has 17 heavy (non-hydrogen) atoms. The Balaban J connectivity index is 2.34. The normalized spacial score (nSPS) is 10.5. The molecule has 0 spiro atoms. The lowest BCUT2D eigenvalue weighted by molar-refractivity contribution is 0.905. The lowest BCUT2D eigenvalue weighted by Gasteiger charge is -2.04. The van der Waals surface area contributed by atoms with E-state index < -0.39 is 0 Å². The molecule has 0 bridgehead atoms. The Labute approximate surface area is 107 Å². The Morgan fingerprint density at radius 2 is 2.18 bits per heavy atom. The molecule has 1 heterocycles. The zero-order valence-corrected chi connectivity index (χ0v) is 10.6. The van der Waals surface area contributed by atoms with Gasteiger partial charge in [-0.3, -0.25) is 4.79 Å². The minimum Gasteiger partial charge on any atom is -0.399 e. The first kappa shape index (κ1) is 12.0. The summed E-state index contributed by atoms with van der Waals surface area (Å²) in [5, 5.41) is 1.06. The van der Waals surface area contributed by atoms with Gasteiger partial charge in [0.25, 0.3) is 5.56 Å². The Morgan fingerprint density at radius 3 is 2.82 bits per heavy atom. The summed E-state index contributed by atoms with van der Waals surface area (Å²) in [6.45, 7) is 1.77. The number of hydrogen-bond acceptors (Lipinski definition) is 4. The third kappa shape index (κ3) is 3.01. The summed E-state index contributed by atoms with van der Waals surface area (Å²) in [4.78, 5) is 18.9. The van der Waals surface area contributed by atoms with Crippen molar-refractivity contribution in [3.05, 3.63) is 45.3 Å². The smallest absolute Gasteiger partial charge is 0.251 e. The van der Waals surface area contributed by atoms with Crippen molar-refractivity contribution >= 4 is 29.1 Å². The van der Waals surface area contributed by atoms with Gasteiger partial charge in [-0.15, -0.1) is 0 Å². The maximum Gasteiger partial charge on any atom is 0.251 e. The fourth-order valence-electron chi connectivity index (χ4n) is 1.30. The standard InChI is InChI=1S/C11H10ClN3OS/c1-6-4-10(16)15-11(14-6)17-9-3-2-7(13)5-8(9)12/h2-5H,13H2,1H3,(H,14,15,16). The molecule has 2 rings (SSSR count). The molecule has 1 aromatic carbocycles. The summed E-state index contributed by atoms with van der Waals surface area (Å²) in [7, 11) is 0. The number of nitrogen functional groups attached to an aromatic ring is 1. The van der Waals surface area contributed by atoms with E-state index >= 15 is 0 Å². The first-order chi connectivity index (χ1) is 8.04. The van der Waals surface area contributed by atoms with Gasteiger partial charge in [0.1, 0.15) is 0 Å². The minimum absolute atomic E-state index is 0.174. The van der Waals surface area contributed by atoms with Gasteiger partial charge >= 0.3 is 0 Å². The highest BCUT2D eigenvalue weighted by Crippen LogP contribution is 2.32. The van der Waals surface area contributed by atoms with Gasteiger partial charge in [-0.1, -0.05) is 23.4 Å². The van der Waals surface area contributed by atoms with Gasteiger partial charge < -0.3 is 10.7 Å². The molecule has 0 amide bonds. The van der Waals surface area contributed by atoms with Crippen LogP contribution in [0.4, 0.5) is 5.69 Å². The van der Waals surface area contributed by atoms with Crippen molar-refractivity contribution in [2.45, 2.75) is 17.0 Å². The molecule has 0 fully saturated rings. The number of H-pyrrole nitrogens is 1. The van der Waals surface area contributed by atoms with E-state index in [1.165, 1.54) is 17.8 Å². The highest BCUT2D eigenvalue weighted by atomic mass is 35.5. The van der Waals surface area contributed by atoms with E-state index in [0.717, 1.165) is 4.90 Å². The van der Waals surface area contributed by atoms with Crippen molar-refractivity contribution in [2.24, 2.45) is 0 Å². The van der Waals surface area contributed by atoms with E-state index in [2.05, 4.69) is 9.97 Å².